The highest BCUT2D eigenvalue weighted by Gasteiger charge is 2.13. The van der Waals surface area contributed by atoms with Crippen molar-refractivity contribution in [2.45, 2.75) is 19.9 Å². The van der Waals surface area contributed by atoms with Crippen LogP contribution in [0.2, 0.25) is 10.0 Å². The highest BCUT2D eigenvalue weighted by molar-refractivity contribution is 6.35. The summed E-state index contributed by atoms with van der Waals surface area (Å²) in [5.74, 6) is 0. The summed E-state index contributed by atoms with van der Waals surface area (Å²) >= 11 is 12.1. The Labute approximate surface area is 117 Å². The SMILES string of the molecule is Cc1nn(C)cc1C(C)Nc1cc(Cl)ccc1Cl. The van der Waals surface area contributed by atoms with Gasteiger partial charge in [0.2, 0.25) is 0 Å². The van der Waals surface area contributed by atoms with Crippen molar-refractivity contribution < 1.29 is 0 Å². The summed E-state index contributed by atoms with van der Waals surface area (Å²) < 4.78 is 1.81. The van der Waals surface area contributed by atoms with E-state index in [0.29, 0.717) is 10.0 Å². The van der Waals surface area contributed by atoms with E-state index in [2.05, 4.69) is 17.3 Å². The monoisotopic (exact) mass is 283 g/mol. The summed E-state index contributed by atoms with van der Waals surface area (Å²) in [7, 11) is 1.91. The van der Waals surface area contributed by atoms with E-state index >= 15 is 0 Å². The molecule has 0 fully saturated rings. The van der Waals surface area contributed by atoms with Crippen LogP contribution in [0.3, 0.4) is 0 Å². The fraction of sp³-hybridized carbons (Fsp3) is 0.308. The Morgan fingerprint density at radius 3 is 2.67 bits per heavy atom. The first-order chi connectivity index (χ1) is 8.47. The molecule has 0 amide bonds. The molecule has 0 bridgehead atoms. The highest BCUT2D eigenvalue weighted by Crippen LogP contribution is 2.29. The Morgan fingerprint density at radius 2 is 2.06 bits per heavy atom. The molecule has 1 unspecified atom stereocenters. The molecule has 1 aromatic heterocycles. The van der Waals surface area contributed by atoms with Gasteiger partial charge in [0.05, 0.1) is 22.4 Å². The van der Waals surface area contributed by atoms with E-state index in [4.69, 9.17) is 23.2 Å². The van der Waals surface area contributed by atoms with Gasteiger partial charge in [0.25, 0.3) is 0 Å². The molecular formula is C13H15Cl2N3. The lowest BCUT2D eigenvalue weighted by molar-refractivity contribution is 0.756. The summed E-state index contributed by atoms with van der Waals surface area (Å²) in [5.41, 5.74) is 2.99. The summed E-state index contributed by atoms with van der Waals surface area (Å²) in [6, 6.07) is 5.51. The Balaban J connectivity index is 2.23. The average Bonchev–Trinajstić information content (AvgIpc) is 2.63. The molecule has 2 rings (SSSR count). The van der Waals surface area contributed by atoms with Crippen molar-refractivity contribution in [1.29, 1.82) is 0 Å². The molecule has 5 heteroatoms. The number of aromatic nitrogens is 2. The fourth-order valence-corrected chi connectivity index (χ4v) is 2.31. The minimum atomic E-state index is 0.120. The third kappa shape index (κ3) is 2.79. The predicted molar refractivity (Wildman–Crippen MR) is 76.4 cm³/mol. The van der Waals surface area contributed by atoms with Crippen LogP contribution in [-0.4, -0.2) is 9.78 Å². The number of aryl methyl sites for hydroxylation is 2. The van der Waals surface area contributed by atoms with Crippen molar-refractivity contribution in [3.8, 4) is 0 Å². The Morgan fingerprint density at radius 1 is 1.33 bits per heavy atom. The molecule has 96 valence electrons. The maximum absolute atomic E-state index is 6.13. The standard InChI is InChI=1S/C13H15Cl2N3/c1-8(11-7-18(3)17-9(11)2)16-13-6-10(14)4-5-12(13)15/h4-8,16H,1-3H3. The van der Waals surface area contributed by atoms with Crippen molar-refractivity contribution in [2.24, 2.45) is 7.05 Å². The van der Waals surface area contributed by atoms with Crippen molar-refractivity contribution in [3.05, 3.63) is 45.7 Å². The molecule has 0 radical (unpaired) electrons. The van der Waals surface area contributed by atoms with Gasteiger partial charge in [-0.1, -0.05) is 23.2 Å². The van der Waals surface area contributed by atoms with Crippen molar-refractivity contribution in [1.82, 2.24) is 9.78 Å². The summed E-state index contributed by atoms with van der Waals surface area (Å²) in [5, 5.41) is 9.01. The minimum absolute atomic E-state index is 0.120. The molecule has 2 aromatic rings. The van der Waals surface area contributed by atoms with E-state index in [1.807, 2.05) is 30.9 Å². The molecule has 0 spiro atoms. The van der Waals surface area contributed by atoms with Gasteiger partial charge in [0, 0.05) is 23.8 Å². The van der Waals surface area contributed by atoms with E-state index in [-0.39, 0.29) is 6.04 Å². The maximum Gasteiger partial charge on any atom is 0.0646 e. The zero-order valence-electron chi connectivity index (χ0n) is 10.5. The smallest absolute Gasteiger partial charge is 0.0646 e. The summed E-state index contributed by atoms with van der Waals surface area (Å²) in [6.45, 7) is 4.06. The van der Waals surface area contributed by atoms with Crippen molar-refractivity contribution >= 4 is 28.9 Å². The molecule has 0 aliphatic carbocycles. The van der Waals surface area contributed by atoms with Gasteiger partial charge >= 0.3 is 0 Å². The number of nitrogens with zero attached hydrogens (tertiary/aromatic N) is 2. The van der Waals surface area contributed by atoms with Gasteiger partial charge in [-0.2, -0.15) is 5.10 Å². The molecule has 1 N–H and O–H groups in total. The van der Waals surface area contributed by atoms with Crippen LogP contribution in [0.1, 0.15) is 24.2 Å². The van der Waals surface area contributed by atoms with Crippen LogP contribution in [0.5, 0.6) is 0 Å². The van der Waals surface area contributed by atoms with Gasteiger partial charge in [0.1, 0.15) is 0 Å². The normalized spacial score (nSPS) is 12.5. The van der Waals surface area contributed by atoms with E-state index in [1.165, 1.54) is 0 Å². The zero-order chi connectivity index (χ0) is 13.3. The Bertz CT molecular complexity index is 563. The number of anilines is 1. The van der Waals surface area contributed by atoms with Gasteiger partial charge in [-0.05, 0) is 32.0 Å². The molecule has 3 nitrogen and oxygen atoms in total. The Hall–Kier alpha value is -1.19. The molecule has 0 saturated carbocycles. The van der Waals surface area contributed by atoms with Crippen molar-refractivity contribution in [3.63, 3.8) is 0 Å². The van der Waals surface area contributed by atoms with E-state index in [9.17, 15) is 0 Å². The fourth-order valence-electron chi connectivity index (χ4n) is 1.96. The number of halogens is 2. The number of nitrogens with one attached hydrogen (secondary N) is 1. The molecule has 0 aliphatic heterocycles. The van der Waals surface area contributed by atoms with E-state index in [1.54, 1.807) is 12.1 Å². The van der Waals surface area contributed by atoms with Gasteiger partial charge in [-0.3, -0.25) is 4.68 Å². The number of hydrogen-bond donors (Lipinski definition) is 1. The predicted octanol–water partition coefficient (Wildman–Crippen LogP) is 4.21. The first-order valence-electron chi connectivity index (χ1n) is 5.69. The second kappa shape index (κ2) is 5.21. The lowest BCUT2D eigenvalue weighted by Gasteiger charge is -2.16. The van der Waals surface area contributed by atoms with Gasteiger partial charge in [-0.15, -0.1) is 0 Å². The first-order valence-corrected chi connectivity index (χ1v) is 6.44. The minimum Gasteiger partial charge on any atom is -0.377 e. The average molecular weight is 284 g/mol. The van der Waals surface area contributed by atoms with Gasteiger partial charge in [-0.25, -0.2) is 0 Å². The Kier molecular flexibility index (Phi) is 3.83. The summed E-state index contributed by atoms with van der Waals surface area (Å²) in [4.78, 5) is 0. The van der Waals surface area contributed by atoms with Crippen LogP contribution in [0.15, 0.2) is 24.4 Å². The van der Waals surface area contributed by atoms with Gasteiger partial charge in [0.15, 0.2) is 0 Å². The number of benzene rings is 1. The second-order valence-electron chi connectivity index (χ2n) is 4.33. The molecular weight excluding hydrogens is 269 g/mol. The van der Waals surface area contributed by atoms with Crippen LogP contribution in [0.4, 0.5) is 5.69 Å². The molecule has 1 aromatic carbocycles. The largest absolute Gasteiger partial charge is 0.377 e. The lowest BCUT2D eigenvalue weighted by atomic mass is 10.1. The number of rotatable bonds is 3. The van der Waals surface area contributed by atoms with Crippen LogP contribution in [0.25, 0.3) is 0 Å². The van der Waals surface area contributed by atoms with Crippen LogP contribution >= 0.6 is 23.2 Å². The maximum atomic E-state index is 6.13. The third-order valence-electron chi connectivity index (χ3n) is 2.82. The highest BCUT2D eigenvalue weighted by atomic mass is 35.5. The quantitative estimate of drug-likeness (QED) is 0.915. The van der Waals surface area contributed by atoms with E-state index < -0.39 is 0 Å². The third-order valence-corrected chi connectivity index (χ3v) is 3.38. The first kappa shape index (κ1) is 13.2. The van der Waals surface area contributed by atoms with Crippen molar-refractivity contribution in [2.75, 3.05) is 5.32 Å². The lowest BCUT2D eigenvalue weighted by Crippen LogP contribution is -2.07. The van der Waals surface area contributed by atoms with Crippen LogP contribution in [0, 0.1) is 6.92 Å². The topological polar surface area (TPSA) is 29.9 Å². The summed E-state index contributed by atoms with van der Waals surface area (Å²) in [6.07, 6.45) is 2.01. The second-order valence-corrected chi connectivity index (χ2v) is 5.18. The zero-order valence-corrected chi connectivity index (χ0v) is 12.0. The molecule has 0 saturated heterocycles. The molecule has 18 heavy (non-hydrogen) atoms. The van der Waals surface area contributed by atoms with Gasteiger partial charge < -0.3 is 5.32 Å². The van der Waals surface area contributed by atoms with E-state index in [0.717, 1.165) is 16.9 Å². The molecule has 0 aliphatic rings. The molecule has 1 atom stereocenters. The molecule has 1 heterocycles. The van der Waals surface area contributed by atoms with Crippen LogP contribution < -0.4 is 5.32 Å². The van der Waals surface area contributed by atoms with Crippen LogP contribution in [-0.2, 0) is 7.05 Å². The number of hydrogen-bond acceptors (Lipinski definition) is 2.